The monoisotopic (exact) mass is 370 g/mol. The van der Waals surface area contributed by atoms with Crippen LogP contribution in [0.15, 0.2) is 18.2 Å². The van der Waals surface area contributed by atoms with E-state index in [-0.39, 0.29) is 22.5 Å². The number of Topliss-reactive ketones (excluding diaryl/α,β-unsaturated/α-hetero) is 1. The van der Waals surface area contributed by atoms with Gasteiger partial charge in [0.05, 0.1) is 10.0 Å². The zero-order chi connectivity index (χ0) is 17.4. The van der Waals surface area contributed by atoms with Crippen LogP contribution < -0.4 is 0 Å². The lowest BCUT2D eigenvalue weighted by Crippen LogP contribution is -2.41. The maximum atomic E-state index is 12.5. The van der Waals surface area contributed by atoms with Crippen LogP contribution in [0.5, 0.6) is 0 Å². The largest absolute Gasteiger partial charge is 0.342 e. The highest BCUT2D eigenvalue weighted by Gasteiger charge is 2.54. The van der Waals surface area contributed by atoms with Crippen molar-refractivity contribution in [3.8, 4) is 0 Å². The molecule has 1 amide bonds. The number of ketones is 1. The number of rotatable bonds is 4. The molecule has 0 spiro atoms. The Balaban J connectivity index is 1.57. The number of nitro groups is 1. The lowest BCUT2D eigenvalue weighted by Gasteiger charge is -2.31. The van der Waals surface area contributed by atoms with E-state index < -0.39 is 12.0 Å². The van der Waals surface area contributed by atoms with Gasteiger partial charge in [-0.1, -0.05) is 23.2 Å². The van der Waals surface area contributed by atoms with Crippen LogP contribution in [-0.2, 0) is 4.79 Å². The van der Waals surface area contributed by atoms with Crippen molar-refractivity contribution < 1.29 is 14.5 Å². The molecule has 0 aromatic heterocycles. The number of amides is 1. The van der Waals surface area contributed by atoms with Gasteiger partial charge >= 0.3 is 0 Å². The lowest BCUT2D eigenvalue weighted by molar-refractivity contribution is -0.497. The van der Waals surface area contributed by atoms with Crippen molar-refractivity contribution in [1.29, 1.82) is 0 Å². The van der Waals surface area contributed by atoms with E-state index in [1.54, 1.807) is 23.1 Å². The summed E-state index contributed by atoms with van der Waals surface area (Å²) < 4.78 is 0. The van der Waals surface area contributed by atoms with Crippen LogP contribution >= 0.6 is 23.2 Å². The van der Waals surface area contributed by atoms with Crippen LogP contribution in [0, 0.1) is 22.0 Å². The third kappa shape index (κ3) is 3.39. The molecule has 1 aromatic rings. The van der Waals surface area contributed by atoms with Gasteiger partial charge in [-0.25, -0.2) is 0 Å². The van der Waals surface area contributed by atoms with E-state index >= 15 is 0 Å². The van der Waals surface area contributed by atoms with Crippen molar-refractivity contribution in [2.75, 3.05) is 13.1 Å². The summed E-state index contributed by atoms with van der Waals surface area (Å²) in [5.41, 5.74) is 0.518. The third-order valence-corrected chi connectivity index (χ3v) is 5.47. The number of piperidine rings is 1. The number of hydrogen-bond donors (Lipinski definition) is 0. The summed E-state index contributed by atoms with van der Waals surface area (Å²) in [7, 11) is 0. The SMILES string of the molecule is O=C(c1ccc(Cl)c(Cl)c1)C1CCN(C(=O)[C@@H]2C[C@H]2[N+](=O)[O-])CC1. The van der Waals surface area contributed by atoms with Gasteiger partial charge in [0.2, 0.25) is 11.9 Å². The van der Waals surface area contributed by atoms with Gasteiger partial charge in [0.1, 0.15) is 5.92 Å². The standard InChI is InChI=1S/C16H16Cl2N2O4/c17-12-2-1-10(7-13(12)18)15(21)9-3-5-19(6-4-9)16(22)11-8-14(11)20(23)24/h1-2,7,9,11,14H,3-6,8H2/t11-,14-/m1/s1. The van der Waals surface area contributed by atoms with Gasteiger partial charge in [-0.15, -0.1) is 0 Å². The molecule has 1 aliphatic carbocycles. The number of hydrogen-bond acceptors (Lipinski definition) is 4. The minimum absolute atomic E-state index is 0.00439. The molecule has 0 N–H and O–H groups in total. The number of carbonyl (C=O) groups excluding carboxylic acids is 2. The number of carbonyl (C=O) groups is 2. The molecule has 8 heteroatoms. The lowest BCUT2D eigenvalue weighted by atomic mass is 9.88. The minimum Gasteiger partial charge on any atom is -0.342 e. The minimum atomic E-state index is -0.729. The van der Waals surface area contributed by atoms with E-state index in [1.807, 2.05) is 0 Å². The van der Waals surface area contributed by atoms with E-state index in [4.69, 9.17) is 23.2 Å². The summed E-state index contributed by atoms with van der Waals surface area (Å²) in [5, 5.41) is 11.4. The Bertz CT molecular complexity index is 701. The Kier molecular flexibility index (Phi) is 4.78. The molecule has 2 fully saturated rings. The van der Waals surface area contributed by atoms with Crippen LogP contribution in [0.3, 0.4) is 0 Å². The first-order valence-corrected chi connectivity index (χ1v) is 8.55. The number of nitrogens with zero attached hydrogens (tertiary/aromatic N) is 2. The van der Waals surface area contributed by atoms with Gasteiger partial charge in [-0.2, -0.15) is 0 Å². The first kappa shape index (κ1) is 17.2. The predicted octanol–water partition coefficient (Wildman–Crippen LogP) is 3.08. The highest BCUT2D eigenvalue weighted by atomic mass is 35.5. The van der Waals surface area contributed by atoms with E-state index in [0.717, 1.165) is 0 Å². The normalized spacial score (nSPS) is 23.8. The quantitative estimate of drug-likeness (QED) is 0.463. The molecule has 3 rings (SSSR count). The second-order valence-electron chi connectivity index (χ2n) is 6.29. The summed E-state index contributed by atoms with van der Waals surface area (Å²) in [6.07, 6.45) is 1.44. The molecule has 24 heavy (non-hydrogen) atoms. The third-order valence-electron chi connectivity index (χ3n) is 4.73. The molecular formula is C16H16Cl2N2O4. The Hall–Kier alpha value is -1.66. The highest BCUT2D eigenvalue weighted by Crippen LogP contribution is 2.36. The van der Waals surface area contributed by atoms with Crippen molar-refractivity contribution in [3.05, 3.63) is 43.9 Å². The molecule has 0 unspecified atom stereocenters. The van der Waals surface area contributed by atoms with Crippen molar-refractivity contribution >= 4 is 34.9 Å². The molecule has 1 saturated heterocycles. The molecular weight excluding hydrogens is 355 g/mol. The smallest absolute Gasteiger partial charge is 0.232 e. The van der Waals surface area contributed by atoms with Crippen LogP contribution in [-0.4, -0.2) is 40.6 Å². The maximum absolute atomic E-state index is 12.5. The van der Waals surface area contributed by atoms with E-state index in [9.17, 15) is 19.7 Å². The van der Waals surface area contributed by atoms with Gasteiger partial charge < -0.3 is 4.90 Å². The molecule has 2 aliphatic rings. The highest BCUT2D eigenvalue weighted by molar-refractivity contribution is 6.42. The Morgan fingerprint density at radius 2 is 1.83 bits per heavy atom. The number of likely N-dealkylation sites (tertiary alicyclic amines) is 1. The topological polar surface area (TPSA) is 80.5 Å². The maximum Gasteiger partial charge on any atom is 0.232 e. The first-order valence-electron chi connectivity index (χ1n) is 7.80. The Morgan fingerprint density at radius 3 is 2.38 bits per heavy atom. The van der Waals surface area contributed by atoms with Crippen LogP contribution in [0.1, 0.15) is 29.6 Å². The molecule has 128 valence electrons. The fraction of sp³-hybridized carbons (Fsp3) is 0.500. The second kappa shape index (κ2) is 6.69. The first-order chi connectivity index (χ1) is 11.4. The molecule has 2 atom stereocenters. The van der Waals surface area contributed by atoms with Gasteiger partial charge in [0.25, 0.3) is 0 Å². The van der Waals surface area contributed by atoms with Crippen molar-refractivity contribution in [3.63, 3.8) is 0 Å². The summed E-state index contributed by atoms with van der Waals surface area (Å²) in [6.45, 7) is 0.912. The number of benzene rings is 1. The molecule has 1 heterocycles. The van der Waals surface area contributed by atoms with Gasteiger partial charge in [-0.05, 0) is 31.0 Å². The van der Waals surface area contributed by atoms with E-state index in [2.05, 4.69) is 0 Å². The summed E-state index contributed by atoms with van der Waals surface area (Å²) in [5.74, 6) is -0.813. The van der Waals surface area contributed by atoms with Gasteiger partial charge in [0, 0.05) is 35.9 Å². The summed E-state index contributed by atoms with van der Waals surface area (Å²) in [4.78, 5) is 36.7. The van der Waals surface area contributed by atoms with Crippen molar-refractivity contribution in [1.82, 2.24) is 4.90 Å². The van der Waals surface area contributed by atoms with E-state index in [1.165, 1.54) is 0 Å². The molecule has 0 bridgehead atoms. The summed E-state index contributed by atoms with van der Waals surface area (Å²) in [6, 6.07) is 4.09. The fourth-order valence-electron chi connectivity index (χ4n) is 3.16. The van der Waals surface area contributed by atoms with Crippen molar-refractivity contribution in [2.24, 2.45) is 11.8 Å². The fourth-order valence-corrected chi connectivity index (χ4v) is 3.46. The Morgan fingerprint density at radius 1 is 1.17 bits per heavy atom. The van der Waals surface area contributed by atoms with Crippen LogP contribution in [0.25, 0.3) is 0 Å². The molecule has 6 nitrogen and oxygen atoms in total. The van der Waals surface area contributed by atoms with Gasteiger partial charge in [-0.3, -0.25) is 19.7 Å². The van der Waals surface area contributed by atoms with Crippen molar-refractivity contribution in [2.45, 2.75) is 25.3 Å². The zero-order valence-corrected chi connectivity index (χ0v) is 14.3. The molecule has 1 aromatic carbocycles. The summed E-state index contributed by atoms with van der Waals surface area (Å²) >= 11 is 11.8. The zero-order valence-electron chi connectivity index (χ0n) is 12.8. The molecule has 0 radical (unpaired) electrons. The average Bonchev–Trinajstić information content (AvgIpc) is 3.37. The predicted molar refractivity (Wildman–Crippen MR) is 89.0 cm³/mol. The Labute approximate surface area is 148 Å². The van der Waals surface area contributed by atoms with Gasteiger partial charge in [0.15, 0.2) is 5.78 Å². The second-order valence-corrected chi connectivity index (χ2v) is 7.10. The molecule has 1 aliphatic heterocycles. The van der Waals surface area contributed by atoms with Crippen LogP contribution in [0.2, 0.25) is 10.0 Å². The number of halogens is 2. The van der Waals surface area contributed by atoms with Crippen LogP contribution in [0.4, 0.5) is 0 Å². The average molecular weight is 371 g/mol. The molecule has 1 saturated carbocycles. The van der Waals surface area contributed by atoms with E-state index in [0.29, 0.717) is 48.0 Å².